The van der Waals surface area contributed by atoms with Gasteiger partial charge >= 0.3 is 0 Å². The van der Waals surface area contributed by atoms with Crippen molar-refractivity contribution in [3.05, 3.63) is 35.4 Å². The summed E-state index contributed by atoms with van der Waals surface area (Å²) in [6, 6.07) is 8.12. The first kappa shape index (κ1) is 15.0. The second-order valence-corrected chi connectivity index (χ2v) is 5.86. The van der Waals surface area contributed by atoms with Gasteiger partial charge in [0.15, 0.2) is 0 Å². The summed E-state index contributed by atoms with van der Waals surface area (Å²) in [7, 11) is 1.92. The van der Waals surface area contributed by atoms with Crippen LogP contribution in [-0.2, 0) is 17.9 Å². The summed E-state index contributed by atoms with van der Waals surface area (Å²) in [4.78, 5) is 14.4. The second kappa shape index (κ2) is 7.44. The molecule has 0 radical (unpaired) electrons. The Morgan fingerprint density at radius 3 is 2.35 bits per heavy atom. The van der Waals surface area contributed by atoms with Crippen molar-refractivity contribution >= 4 is 5.91 Å². The molecular weight excluding hydrogens is 248 g/mol. The average molecular weight is 274 g/mol. The number of carbonyl (C=O) groups is 1. The standard InChI is InChI=1S/C17H26N2O/c1-19(13-16-11-7-6-10-15(16)12-18)17(20)14-8-4-2-3-5-9-14/h6-7,10-11,14H,2-5,8-9,12-13,18H2,1H3. The molecule has 1 amide bonds. The molecule has 3 heteroatoms. The predicted molar refractivity (Wildman–Crippen MR) is 82.0 cm³/mol. The fourth-order valence-corrected chi connectivity index (χ4v) is 3.08. The minimum absolute atomic E-state index is 0.229. The van der Waals surface area contributed by atoms with Gasteiger partial charge in [-0.15, -0.1) is 0 Å². The molecule has 1 aliphatic rings. The van der Waals surface area contributed by atoms with Gasteiger partial charge in [-0.05, 0) is 24.0 Å². The van der Waals surface area contributed by atoms with Gasteiger partial charge in [0.2, 0.25) is 5.91 Å². The highest BCUT2D eigenvalue weighted by molar-refractivity contribution is 5.78. The molecule has 110 valence electrons. The summed E-state index contributed by atoms with van der Waals surface area (Å²) in [5, 5.41) is 0. The third-order valence-electron chi connectivity index (χ3n) is 4.33. The summed E-state index contributed by atoms with van der Waals surface area (Å²) in [6.07, 6.45) is 7.07. The van der Waals surface area contributed by atoms with E-state index in [2.05, 4.69) is 6.07 Å². The predicted octanol–water partition coefficient (Wildman–Crippen LogP) is 3.07. The van der Waals surface area contributed by atoms with E-state index in [0.29, 0.717) is 19.0 Å². The van der Waals surface area contributed by atoms with Crippen molar-refractivity contribution < 1.29 is 4.79 Å². The molecule has 1 aromatic carbocycles. The van der Waals surface area contributed by atoms with E-state index < -0.39 is 0 Å². The molecule has 2 rings (SSSR count). The van der Waals surface area contributed by atoms with Crippen LogP contribution >= 0.6 is 0 Å². The lowest BCUT2D eigenvalue weighted by molar-refractivity contribution is -0.135. The Morgan fingerprint density at radius 1 is 1.15 bits per heavy atom. The summed E-state index contributed by atoms with van der Waals surface area (Å²) in [5.41, 5.74) is 8.06. The van der Waals surface area contributed by atoms with Crippen LogP contribution in [0.2, 0.25) is 0 Å². The van der Waals surface area contributed by atoms with Crippen molar-refractivity contribution in [1.82, 2.24) is 4.90 Å². The third-order valence-corrected chi connectivity index (χ3v) is 4.33. The third kappa shape index (κ3) is 3.83. The van der Waals surface area contributed by atoms with Gasteiger partial charge in [-0.1, -0.05) is 49.9 Å². The van der Waals surface area contributed by atoms with E-state index in [9.17, 15) is 4.79 Å². The Balaban J connectivity index is 1.99. The number of hydrogen-bond acceptors (Lipinski definition) is 2. The van der Waals surface area contributed by atoms with Crippen LogP contribution < -0.4 is 5.73 Å². The van der Waals surface area contributed by atoms with Crippen LogP contribution in [0, 0.1) is 5.92 Å². The molecule has 0 spiro atoms. The first-order valence-corrected chi connectivity index (χ1v) is 7.74. The van der Waals surface area contributed by atoms with Crippen LogP contribution in [-0.4, -0.2) is 17.9 Å². The molecule has 0 saturated heterocycles. The highest BCUT2D eigenvalue weighted by Gasteiger charge is 2.23. The minimum atomic E-state index is 0.229. The van der Waals surface area contributed by atoms with E-state index in [1.165, 1.54) is 31.2 Å². The van der Waals surface area contributed by atoms with Gasteiger partial charge in [-0.3, -0.25) is 4.79 Å². The molecule has 3 nitrogen and oxygen atoms in total. The Hall–Kier alpha value is -1.35. The summed E-state index contributed by atoms with van der Waals surface area (Å²) < 4.78 is 0. The maximum Gasteiger partial charge on any atom is 0.225 e. The normalized spacial score (nSPS) is 16.7. The smallest absolute Gasteiger partial charge is 0.225 e. The monoisotopic (exact) mass is 274 g/mol. The minimum Gasteiger partial charge on any atom is -0.341 e. The van der Waals surface area contributed by atoms with E-state index in [1.807, 2.05) is 30.1 Å². The largest absolute Gasteiger partial charge is 0.341 e. The molecule has 1 fully saturated rings. The lowest BCUT2D eigenvalue weighted by atomic mass is 9.98. The topological polar surface area (TPSA) is 46.3 Å². The van der Waals surface area contributed by atoms with Crippen molar-refractivity contribution in [2.45, 2.75) is 51.6 Å². The fourth-order valence-electron chi connectivity index (χ4n) is 3.08. The van der Waals surface area contributed by atoms with Gasteiger partial charge in [-0.25, -0.2) is 0 Å². The molecule has 20 heavy (non-hydrogen) atoms. The van der Waals surface area contributed by atoms with Gasteiger partial charge in [0.1, 0.15) is 0 Å². The number of rotatable bonds is 4. The Morgan fingerprint density at radius 2 is 1.75 bits per heavy atom. The van der Waals surface area contributed by atoms with Crippen molar-refractivity contribution in [3.8, 4) is 0 Å². The van der Waals surface area contributed by atoms with E-state index in [-0.39, 0.29) is 5.92 Å². The van der Waals surface area contributed by atoms with Crippen molar-refractivity contribution in [2.75, 3.05) is 7.05 Å². The Labute approximate surface area is 122 Å². The Bertz CT molecular complexity index is 436. The van der Waals surface area contributed by atoms with Crippen LogP contribution in [0.4, 0.5) is 0 Å². The zero-order valence-electron chi connectivity index (χ0n) is 12.5. The molecular formula is C17H26N2O. The number of nitrogens with two attached hydrogens (primary N) is 1. The molecule has 2 N–H and O–H groups in total. The molecule has 0 unspecified atom stereocenters. The second-order valence-electron chi connectivity index (χ2n) is 5.86. The molecule has 0 bridgehead atoms. The van der Waals surface area contributed by atoms with Gasteiger partial charge < -0.3 is 10.6 Å². The summed E-state index contributed by atoms with van der Waals surface area (Å²) >= 11 is 0. The van der Waals surface area contributed by atoms with Crippen LogP contribution in [0.15, 0.2) is 24.3 Å². The average Bonchev–Trinajstić information content (AvgIpc) is 2.76. The summed E-state index contributed by atoms with van der Waals surface area (Å²) in [5.74, 6) is 0.534. The maximum absolute atomic E-state index is 12.5. The van der Waals surface area contributed by atoms with Crippen LogP contribution in [0.5, 0.6) is 0 Å². The van der Waals surface area contributed by atoms with Gasteiger partial charge in [0, 0.05) is 26.1 Å². The lowest BCUT2D eigenvalue weighted by Gasteiger charge is -2.24. The van der Waals surface area contributed by atoms with Crippen molar-refractivity contribution in [3.63, 3.8) is 0 Å². The number of carbonyl (C=O) groups excluding carboxylic acids is 1. The zero-order valence-corrected chi connectivity index (χ0v) is 12.5. The molecule has 0 aliphatic heterocycles. The van der Waals surface area contributed by atoms with Crippen molar-refractivity contribution in [1.29, 1.82) is 0 Å². The number of hydrogen-bond donors (Lipinski definition) is 1. The maximum atomic E-state index is 12.5. The van der Waals surface area contributed by atoms with Gasteiger partial charge in [-0.2, -0.15) is 0 Å². The molecule has 1 aliphatic carbocycles. The van der Waals surface area contributed by atoms with E-state index >= 15 is 0 Å². The molecule has 1 saturated carbocycles. The first-order chi connectivity index (χ1) is 9.72. The number of amides is 1. The van der Waals surface area contributed by atoms with Crippen molar-refractivity contribution in [2.24, 2.45) is 11.7 Å². The highest BCUT2D eigenvalue weighted by atomic mass is 16.2. The van der Waals surface area contributed by atoms with E-state index in [1.54, 1.807) is 0 Å². The fraction of sp³-hybridized carbons (Fsp3) is 0.588. The van der Waals surface area contributed by atoms with Crippen LogP contribution in [0.1, 0.15) is 49.7 Å². The number of benzene rings is 1. The number of nitrogens with zero attached hydrogens (tertiary/aromatic N) is 1. The quantitative estimate of drug-likeness (QED) is 0.858. The molecule has 0 atom stereocenters. The lowest BCUT2D eigenvalue weighted by Crippen LogP contribution is -2.32. The van der Waals surface area contributed by atoms with Crippen LogP contribution in [0.3, 0.4) is 0 Å². The molecule has 0 heterocycles. The van der Waals surface area contributed by atoms with Crippen LogP contribution in [0.25, 0.3) is 0 Å². The highest BCUT2D eigenvalue weighted by Crippen LogP contribution is 2.25. The first-order valence-electron chi connectivity index (χ1n) is 7.74. The van der Waals surface area contributed by atoms with Gasteiger partial charge in [0.05, 0.1) is 0 Å². The Kier molecular flexibility index (Phi) is 5.60. The zero-order chi connectivity index (χ0) is 14.4. The molecule has 1 aromatic rings. The SMILES string of the molecule is CN(Cc1ccccc1CN)C(=O)C1CCCCCC1. The molecule has 0 aromatic heterocycles. The van der Waals surface area contributed by atoms with E-state index in [0.717, 1.165) is 18.4 Å². The van der Waals surface area contributed by atoms with E-state index in [4.69, 9.17) is 5.73 Å². The van der Waals surface area contributed by atoms with Gasteiger partial charge in [0.25, 0.3) is 0 Å². The summed E-state index contributed by atoms with van der Waals surface area (Å²) in [6.45, 7) is 1.20.